The monoisotopic (exact) mass is 711 g/mol. The molecule has 2 fully saturated rings. The fourth-order valence-electron chi connectivity index (χ4n) is 8.28. The van der Waals surface area contributed by atoms with E-state index in [0.29, 0.717) is 36.2 Å². The molecule has 2 aromatic carbocycles. The van der Waals surface area contributed by atoms with Crippen molar-refractivity contribution in [1.82, 2.24) is 9.62 Å². The lowest BCUT2D eigenvalue weighted by Gasteiger charge is -2.50. The van der Waals surface area contributed by atoms with Crippen LogP contribution in [-0.2, 0) is 27.8 Å². The molecule has 49 heavy (non-hydrogen) atoms. The average Bonchev–Trinajstić information content (AvgIpc) is 3.11. The third kappa shape index (κ3) is 8.32. The van der Waals surface area contributed by atoms with Crippen LogP contribution in [0.15, 0.2) is 48.6 Å². The van der Waals surface area contributed by atoms with Gasteiger partial charge in [-0.2, -0.15) is 0 Å². The molecule has 6 rings (SSSR count). The van der Waals surface area contributed by atoms with E-state index in [2.05, 4.69) is 26.7 Å². The molecule has 3 aliphatic heterocycles. The Morgan fingerprint density at radius 1 is 1.00 bits per heavy atom. The van der Waals surface area contributed by atoms with E-state index in [0.717, 1.165) is 87.5 Å². The molecule has 1 amide bonds. The maximum atomic E-state index is 13.5. The van der Waals surface area contributed by atoms with Crippen LogP contribution in [0.1, 0.15) is 93.1 Å². The Bertz CT molecular complexity index is 1610. The van der Waals surface area contributed by atoms with E-state index in [1.807, 2.05) is 44.4 Å². The van der Waals surface area contributed by atoms with Crippen molar-refractivity contribution in [2.75, 3.05) is 44.7 Å². The number of halogens is 1. The highest BCUT2D eigenvalue weighted by Crippen LogP contribution is 2.48. The van der Waals surface area contributed by atoms with Crippen LogP contribution in [0.25, 0.3) is 0 Å². The predicted octanol–water partition coefficient (Wildman–Crippen LogP) is 7.39. The van der Waals surface area contributed by atoms with Crippen molar-refractivity contribution in [3.63, 3.8) is 0 Å². The quantitative estimate of drug-likeness (QED) is 0.331. The number of hydrogen-bond acceptors (Lipinski definition) is 7. The maximum Gasteiger partial charge on any atom is 0.264 e. The number of amides is 1. The van der Waals surface area contributed by atoms with Crippen LogP contribution >= 0.6 is 11.6 Å². The molecular weight excluding hydrogens is 658 g/mol. The van der Waals surface area contributed by atoms with Crippen molar-refractivity contribution < 1.29 is 22.7 Å². The lowest BCUT2D eigenvalue weighted by Crippen LogP contribution is -2.52. The number of methoxy groups -OCH3 is 1. The maximum absolute atomic E-state index is 13.5. The number of ether oxygens (including phenoxy) is 2. The predicted molar refractivity (Wildman–Crippen MR) is 197 cm³/mol. The minimum atomic E-state index is -3.93. The molecule has 10 heteroatoms. The Morgan fingerprint density at radius 2 is 1.80 bits per heavy atom. The van der Waals surface area contributed by atoms with Gasteiger partial charge in [0.05, 0.1) is 16.5 Å². The van der Waals surface area contributed by atoms with Crippen molar-refractivity contribution in [3.05, 3.63) is 70.3 Å². The van der Waals surface area contributed by atoms with Crippen molar-refractivity contribution in [2.24, 2.45) is 17.8 Å². The molecular formula is C39H54ClN3O5S. The number of carbonyl (C=O) groups is 1. The minimum Gasteiger partial charge on any atom is -0.487 e. The second-order valence-corrected chi connectivity index (χ2v) is 17.3. The standard InChI is InChI=1S/C39H54ClN3O5S/c1-28-10-9-18-39(47-3,19-23-42-20-6-4-7-21-42)35-16-13-32(35)26-43-22-8-5-11-30-24-34(40)15-12-33(30)27-48-37-17-14-31(25-36(37)43)38(44)41-49(45,46)29(28)2/h9,12,14-15,17-18,24-25,28-29,32,35H,4-8,10-11,13,16,19-23,26-27H2,1-3H3,(H,41,44)/b18-9+/t28-,29+,32-,35+,39-/m0/s1. The highest BCUT2D eigenvalue weighted by Gasteiger charge is 2.47. The Labute approximate surface area is 298 Å². The summed E-state index contributed by atoms with van der Waals surface area (Å²) in [6.07, 6.45) is 14.7. The van der Waals surface area contributed by atoms with Gasteiger partial charge in [0.2, 0.25) is 10.0 Å². The minimum absolute atomic E-state index is 0.197. The van der Waals surface area contributed by atoms with Gasteiger partial charge in [-0.05, 0) is 137 Å². The van der Waals surface area contributed by atoms with Crippen LogP contribution in [-0.4, -0.2) is 69.9 Å². The van der Waals surface area contributed by atoms with E-state index in [1.165, 1.54) is 24.8 Å². The lowest BCUT2D eigenvalue weighted by atomic mass is 9.63. The largest absolute Gasteiger partial charge is 0.487 e. The number of allylic oxidation sites excluding steroid dienone is 1. The Kier molecular flexibility index (Phi) is 11.6. The summed E-state index contributed by atoms with van der Waals surface area (Å²) >= 11 is 6.39. The number of carbonyl (C=O) groups excluding carboxylic acids is 1. The third-order valence-corrected chi connectivity index (χ3v) is 14.0. The number of anilines is 1. The van der Waals surface area contributed by atoms with E-state index in [9.17, 15) is 13.2 Å². The van der Waals surface area contributed by atoms with Crippen LogP contribution in [0.4, 0.5) is 5.69 Å². The van der Waals surface area contributed by atoms with E-state index in [-0.39, 0.29) is 5.92 Å². The number of piperidine rings is 1. The first-order valence-electron chi connectivity index (χ1n) is 18.4. The summed E-state index contributed by atoms with van der Waals surface area (Å²) in [4.78, 5) is 18.5. The molecule has 1 N–H and O–H groups in total. The third-order valence-electron chi connectivity index (χ3n) is 11.8. The molecule has 2 aromatic rings. The summed E-state index contributed by atoms with van der Waals surface area (Å²) in [6, 6.07) is 11.3. The van der Waals surface area contributed by atoms with Gasteiger partial charge in [-0.1, -0.05) is 43.2 Å². The van der Waals surface area contributed by atoms with Crippen LogP contribution in [0, 0.1) is 17.8 Å². The zero-order chi connectivity index (χ0) is 34.6. The van der Waals surface area contributed by atoms with E-state index in [4.69, 9.17) is 21.1 Å². The summed E-state index contributed by atoms with van der Waals surface area (Å²) < 4.78 is 42.5. The summed E-state index contributed by atoms with van der Waals surface area (Å²) in [5, 5.41) is -0.0366. The number of benzene rings is 2. The Hall–Kier alpha value is -2.59. The Balaban J connectivity index is 1.38. The van der Waals surface area contributed by atoms with Gasteiger partial charge in [-0.25, -0.2) is 13.1 Å². The van der Waals surface area contributed by atoms with Gasteiger partial charge in [-0.3, -0.25) is 4.79 Å². The summed E-state index contributed by atoms with van der Waals surface area (Å²) in [5.74, 6) is 0.586. The van der Waals surface area contributed by atoms with Crippen LogP contribution in [0.3, 0.4) is 0 Å². The van der Waals surface area contributed by atoms with Crippen molar-refractivity contribution in [3.8, 4) is 5.75 Å². The van der Waals surface area contributed by atoms with Crippen LogP contribution in [0.2, 0.25) is 5.02 Å². The van der Waals surface area contributed by atoms with Gasteiger partial charge < -0.3 is 19.3 Å². The molecule has 4 aliphatic rings. The topological polar surface area (TPSA) is 88.2 Å². The van der Waals surface area contributed by atoms with Crippen LogP contribution in [0.5, 0.6) is 5.75 Å². The van der Waals surface area contributed by atoms with Gasteiger partial charge in [-0.15, -0.1) is 0 Å². The molecule has 0 aromatic heterocycles. The lowest BCUT2D eigenvalue weighted by molar-refractivity contribution is -0.0840. The second kappa shape index (κ2) is 15.7. The smallest absolute Gasteiger partial charge is 0.264 e. The van der Waals surface area contributed by atoms with Crippen molar-refractivity contribution in [2.45, 2.75) is 95.5 Å². The molecule has 268 valence electrons. The molecule has 8 nitrogen and oxygen atoms in total. The van der Waals surface area contributed by atoms with Gasteiger partial charge in [0.15, 0.2) is 0 Å². The van der Waals surface area contributed by atoms with Crippen LogP contribution < -0.4 is 14.4 Å². The molecule has 0 radical (unpaired) electrons. The number of fused-ring (bicyclic) bond motifs is 3. The first kappa shape index (κ1) is 36.2. The first-order chi connectivity index (χ1) is 23.6. The van der Waals surface area contributed by atoms with E-state index >= 15 is 0 Å². The molecule has 1 aliphatic carbocycles. The zero-order valence-electron chi connectivity index (χ0n) is 29.5. The first-order valence-corrected chi connectivity index (χ1v) is 20.3. The molecule has 1 saturated carbocycles. The molecule has 3 heterocycles. The number of nitrogens with one attached hydrogen (secondary N) is 1. The molecule has 1 saturated heterocycles. The van der Waals surface area contributed by atoms with Gasteiger partial charge in [0.25, 0.3) is 5.91 Å². The van der Waals surface area contributed by atoms with Crippen molar-refractivity contribution in [1.29, 1.82) is 0 Å². The molecule has 5 atom stereocenters. The zero-order valence-corrected chi connectivity index (χ0v) is 31.0. The molecule has 2 bridgehead atoms. The highest BCUT2D eigenvalue weighted by molar-refractivity contribution is 7.90. The number of aryl methyl sites for hydroxylation is 1. The Morgan fingerprint density at radius 3 is 2.55 bits per heavy atom. The fraction of sp³-hybridized carbons (Fsp3) is 0.615. The number of sulfonamides is 1. The van der Waals surface area contributed by atoms with E-state index < -0.39 is 26.8 Å². The summed E-state index contributed by atoms with van der Waals surface area (Å²) in [6.45, 7) is 8.87. The number of likely N-dealkylation sites (tertiary alicyclic amines) is 1. The summed E-state index contributed by atoms with van der Waals surface area (Å²) in [5.41, 5.74) is 2.99. The number of hydrogen-bond donors (Lipinski definition) is 1. The number of rotatable bonds is 4. The van der Waals surface area contributed by atoms with Crippen molar-refractivity contribution >= 4 is 33.2 Å². The molecule has 0 spiro atoms. The molecule has 0 unspecified atom stereocenters. The normalized spacial score (nSPS) is 30.4. The number of nitrogens with zero attached hydrogens (tertiary/aromatic N) is 2. The second-order valence-electron chi connectivity index (χ2n) is 14.8. The van der Waals surface area contributed by atoms with Gasteiger partial charge >= 0.3 is 0 Å². The average molecular weight is 712 g/mol. The van der Waals surface area contributed by atoms with Gasteiger partial charge in [0.1, 0.15) is 12.4 Å². The fourth-order valence-corrected chi connectivity index (χ4v) is 9.76. The SMILES string of the molecule is CO[C@]1(CCN2CCCCC2)/C=C/C[C@H](C)[C@@H](C)S(=O)(=O)NC(=O)c2ccc3c(c2)N(CCCCc2cc(Cl)ccc2CO3)C[C@@H]2CC[C@H]21. The summed E-state index contributed by atoms with van der Waals surface area (Å²) in [7, 11) is -2.08. The highest BCUT2D eigenvalue weighted by atomic mass is 35.5. The van der Waals surface area contributed by atoms with E-state index in [1.54, 1.807) is 13.0 Å². The van der Waals surface area contributed by atoms with Gasteiger partial charge in [0, 0.05) is 37.3 Å².